The lowest BCUT2D eigenvalue weighted by Gasteiger charge is -1.99. The van der Waals surface area contributed by atoms with Gasteiger partial charge in [0.05, 0.1) is 5.69 Å². The van der Waals surface area contributed by atoms with E-state index in [1.54, 1.807) is 5.38 Å². The van der Waals surface area contributed by atoms with Gasteiger partial charge in [0.2, 0.25) is 5.01 Å². The molecule has 4 nitrogen and oxygen atoms in total. The average Bonchev–Trinajstić information content (AvgIpc) is 2.52. The number of rotatable bonds is 5. The third kappa shape index (κ3) is 3.57. The summed E-state index contributed by atoms with van der Waals surface area (Å²) in [4.78, 5) is 14.4. The van der Waals surface area contributed by atoms with Crippen LogP contribution in [0.25, 0.3) is 0 Å². The van der Waals surface area contributed by atoms with Gasteiger partial charge in [-0.1, -0.05) is 22.5 Å². The molecule has 0 amide bonds. The molecule has 0 aliphatic rings. The molecule has 0 aromatic carbocycles. The van der Waals surface area contributed by atoms with E-state index >= 15 is 0 Å². The van der Waals surface area contributed by atoms with Gasteiger partial charge in [-0.15, -0.1) is 11.3 Å². The van der Waals surface area contributed by atoms with Gasteiger partial charge in [0, 0.05) is 23.0 Å². The minimum Gasteiger partial charge on any atom is -0.476 e. The van der Waals surface area contributed by atoms with Gasteiger partial charge in [0.15, 0.2) is 0 Å². The molecular weight excluding hydrogens is 268 g/mol. The summed E-state index contributed by atoms with van der Waals surface area (Å²) in [5.74, 6) is -0.980. The molecule has 0 atom stereocenters. The highest BCUT2D eigenvalue weighted by Gasteiger charge is 2.07. The van der Waals surface area contributed by atoms with E-state index in [1.807, 2.05) is 0 Å². The number of carboxylic acids is 1. The number of aromatic carboxylic acids is 1. The number of nitrogens with zero attached hydrogens (tertiary/aromatic N) is 1. The van der Waals surface area contributed by atoms with Crippen molar-refractivity contribution >= 4 is 33.2 Å². The summed E-state index contributed by atoms with van der Waals surface area (Å²) in [7, 11) is 0. The second-order valence-corrected chi connectivity index (χ2v) is 4.55. The van der Waals surface area contributed by atoms with Crippen molar-refractivity contribution in [3.05, 3.63) is 27.1 Å². The SMILES string of the molecule is C=C(Br)CNCc1csc(C(=O)O)n1. The Morgan fingerprint density at radius 1 is 1.79 bits per heavy atom. The summed E-state index contributed by atoms with van der Waals surface area (Å²) in [5, 5.41) is 13.5. The number of carboxylic acid groups (broad SMARTS) is 1. The van der Waals surface area contributed by atoms with E-state index in [1.165, 1.54) is 0 Å². The molecule has 1 aromatic rings. The third-order valence-corrected chi connectivity index (χ3v) is 2.52. The van der Waals surface area contributed by atoms with E-state index in [4.69, 9.17) is 5.11 Å². The van der Waals surface area contributed by atoms with Crippen molar-refractivity contribution in [2.24, 2.45) is 0 Å². The van der Waals surface area contributed by atoms with Crippen LogP contribution in [0.1, 0.15) is 15.5 Å². The van der Waals surface area contributed by atoms with Crippen LogP contribution in [0.4, 0.5) is 0 Å². The molecule has 0 bridgehead atoms. The molecule has 0 radical (unpaired) electrons. The molecule has 0 aliphatic carbocycles. The Morgan fingerprint density at radius 3 is 3.00 bits per heavy atom. The minimum atomic E-state index is -0.980. The zero-order chi connectivity index (χ0) is 10.6. The molecule has 0 aliphatic heterocycles. The van der Waals surface area contributed by atoms with Gasteiger partial charge in [-0.3, -0.25) is 0 Å². The number of nitrogens with one attached hydrogen (secondary N) is 1. The Morgan fingerprint density at radius 2 is 2.50 bits per heavy atom. The molecule has 6 heteroatoms. The van der Waals surface area contributed by atoms with Crippen LogP contribution in [0.15, 0.2) is 16.4 Å². The lowest BCUT2D eigenvalue weighted by atomic mass is 10.4. The molecule has 14 heavy (non-hydrogen) atoms. The van der Waals surface area contributed by atoms with E-state index in [9.17, 15) is 4.79 Å². The first-order chi connectivity index (χ1) is 6.59. The maximum absolute atomic E-state index is 10.5. The third-order valence-electron chi connectivity index (χ3n) is 1.36. The first kappa shape index (κ1) is 11.4. The largest absolute Gasteiger partial charge is 0.476 e. The molecule has 1 rings (SSSR count). The smallest absolute Gasteiger partial charge is 0.365 e. The van der Waals surface area contributed by atoms with Gasteiger partial charge >= 0.3 is 5.97 Å². The summed E-state index contributed by atoms with van der Waals surface area (Å²) in [5.41, 5.74) is 0.737. The normalized spacial score (nSPS) is 10.1. The molecule has 1 heterocycles. The number of aromatic nitrogens is 1. The minimum absolute atomic E-state index is 0.125. The van der Waals surface area contributed by atoms with Crippen LogP contribution in [-0.2, 0) is 6.54 Å². The standard InChI is InChI=1S/C8H9BrN2O2S/c1-5(9)2-10-3-6-4-14-7(11-6)8(12)13/h4,10H,1-3H2,(H,12,13). The van der Waals surface area contributed by atoms with Crippen molar-refractivity contribution in [1.29, 1.82) is 0 Å². The monoisotopic (exact) mass is 276 g/mol. The van der Waals surface area contributed by atoms with Crippen LogP contribution >= 0.6 is 27.3 Å². The van der Waals surface area contributed by atoms with Gasteiger partial charge < -0.3 is 10.4 Å². The van der Waals surface area contributed by atoms with Crippen LogP contribution < -0.4 is 5.32 Å². The van der Waals surface area contributed by atoms with Crippen molar-refractivity contribution < 1.29 is 9.90 Å². The molecule has 0 saturated carbocycles. The Hall–Kier alpha value is -0.720. The summed E-state index contributed by atoms with van der Waals surface area (Å²) >= 11 is 4.34. The fraction of sp³-hybridized carbons (Fsp3) is 0.250. The van der Waals surface area contributed by atoms with E-state index in [-0.39, 0.29) is 5.01 Å². The van der Waals surface area contributed by atoms with Crippen molar-refractivity contribution in [1.82, 2.24) is 10.3 Å². The van der Waals surface area contributed by atoms with Gasteiger partial charge in [-0.2, -0.15) is 0 Å². The summed E-state index contributed by atoms with van der Waals surface area (Å²) in [6.07, 6.45) is 0. The second kappa shape index (κ2) is 5.23. The number of carbonyl (C=O) groups is 1. The molecule has 2 N–H and O–H groups in total. The van der Waals surface area contributed by atoms with E-state index in [2.05, 4.69) is 32.8 Å². The first-order valence-electron chi connectivity index (χ1n) is 3.81. The second-order valence-electron chi connectivity index (χ2n) is 2.57. The Bertz CT molecular complexity index is 351. The Labute approximate surface area is 93.8 Å². The number of thiazole rings is 1. The summed E-state index contributed by atoms with van der Waals surface area (Å²) in [6.45, 7) is 4.85. The van der Waals surface area contributed by atoms with Crippen LogP contribution in [0.3, 0.4) is 0 Å². The molecular formula is C8H9BrN2O2S. The maximum atomic E-state index is 10.5. The predicted molar refractivity (Wildman–Crippen MR) is 58.8 cm³/mol. The molecule has 0 saturated heterocycles. The van der Waals surface area contributed by atoms with Crippen LogP contribution in [0, 0.1) is 0 Å². The Kier molecular flexibility index (Phi) is 4.24. The lowest BCUT2D eigenvalue weighted by Crippen LogP contribution is -2.14. The highest BCUT2D eigenvalue weighted by Crippen LogP contribution is 2.09. The highest BCUT2D eigenvalue weighted by atomic mass is 79.9. The van der Waals surface area contributed by atoms with Gasteiger partial charge in [0.1, 0.15) is 0 Å². The molecule has 0 fully saturated rings. The molecule has 1 aromatic heterocycles. The van der Waals surface area contributed by atoms with Crippen molar-refractivity contribution in [3.8, 4) is 0 Å². The fourth-order valence-corrected chi connectivity index (χ4v) is 1.67. The number of halogens is 1. The molecule has 0 spiro atoms. The van der Waals surface area contributed by atoms with E-state index < -0.39 is 5.97 Å². The summed E-state index contributed by atoms with van der Waals surface area (Å²) < 4.78 is 0.853. The zero-order valence-corrected chi connectivity index (χ0v) is 9.69. The highest BCUT2D eigenvalue weighted by molar-refractivity contribution is 9.11. The van der Waals surface area contributed by atoms with Gasteiger partial charge in [0.25, 0.3) is 0 Å². The van der Waals surface area contributed by atoms with E-state index in [0.717, 1.165) is 21.5 Å². The van der Waals surface area contributed by atoms with E-state index in [0.29, 0.717) is 13.1 Å². The lowest BCUT2D eigenvalue weighted by molar-refractivity contribution is 0.0696. The fourth-order valence-electron chi connectivity index (χ4n) is 0.813. The van der Waals surface area contributed by atoms with Gasteiger partial charge in [-0.05, 0) is 0 Å². The number of hydrogen-bond donors (Lipinski definition) is 2. The van der Waals surface area contributed by atoms with Crippen molar-refractivity contribution in [2.45, 2.75) is 6.54 Å². The molecule has 76 valence electrons. The van der Waals surface area contributed by atoms with Crippen molar-refractivity contribution in [3.63, 3.8) is 0 Å². The van der Waals surface area contributed by atoms with Crippen LogP contribution in [0.2, 0.25) is 0 Å². The topological polar surface area (TPSA) is 62.2 Å². The van der Waals surface area contributed by atoms with Crippen LogP contribution in [0.5, 0.6) is 0 Å². The van der Waals surface area contributed by atoms with Gasteiger partial charge in [-0.25, -0.2) is 9.78 Å². The quantitative estimate of drug-likeness (QED) is 0.862. The summed E-state index contributed by atoms with van der Waals surface area (Å²) in [6, 6.07) is 0. The first-order valence-corrected chi connectivity index (χ1v) is 5.48. The predicted octanol–water partition coefficient (Wildman–Crippen LogP) is 1.84. The Balaban J connectivity index is 2.44. The average molecular weight is 277 g/mol. The van der Waals surface area contributed by atoms with Crippen molar-refractivity contribution in [2.75, 3.05) is 6.54 Å². The number of hydrogen-bond acceptors (Lipinski definition) is 4. The maximum Gasteiger partial charge on any atom is 0.365 e. The molecule has 0 unspecified atom stereocenters. The zero-order valence-electron chi connectivity index (χ0n) is 7.29. The van der Waals surface area contributed by atoms with Crippen LogP contribution in [-0.4, -0.2) is 22.6 Å².